The first-order valence-corrected chi connectivity index (χ1v) is 5.22. The minimum Gasteiger partial charge on any atom is -0.391 e. The van der Waals surface area contributed by atoms with Crippen LogP contribution in [-0.4, -0.2) is 22.7 Å². The second kappa shape index (κ2) is 5.46. The fourth-order valence-electron chi connectivity index (χ4n) is 1.42. The molecule has 0 saturated heterocycles. The first-order valence-electron chi connectivity index (χ1n) is 5.22. The molecule has 0 aliphatic heterocycles. The molecule has 0 heterocycles. The highest BCUT2D eigenvalue weighted by Crippen LogP contribution is 2.27. The van der Waals surface area contributed by atoms with Gasteiger partial charge in [-0.25, -0.2) is 0 Å². The standard InChI is InChI=1S/C11H16N2O3/c1-3-9(14)7-12-10-6-4-5-8(2)11(10)13(15)16/h4-6,9,12,14H,3,7H2,1-2H3. The van der Waals surface area contributed by atoms with Crippen LogP contribution >= 0.6 is 0 Å². The highest BCUT2D eigenvalue weighted by Gasteiger charge is 2.16. The number of nitrogens with zero attached hydrogens (tertiary/aromatic N) is 1. The Bertz CT molecular complexity index is 379. The van der Waals surface area contributed by atoms with Crippen molar-refractivity contribution in [2.45, 2.75) is 26.4 Å². The van der Waals surface area contributed by atoms with Crippen LogP contribution in [0.4, 0.5) is 11.4 Å². The molecule has 0 spiro atoms. The molecule has 0 radical (unpaired) electrons. The number of aryl methyl sites for hydroxylation is 1. The van der Waals surface area contributed by atoms with Crippen molar-refractivity contribution >= 4 is 11.4 Å². The smallest absolute Gasteiger partial charge is 0.295 e. The summed E-state index contributed by atoms with van der Waals surface area (Å²) in [5.41, 5.74) is 1.14. The molecule has 5 nitrogen and oxygen atoms in total. The summed E-state index contributed by atoms with van der Waals surface area (Å²) >= 11 is 0. The molecule has 0 aliphatic carbocycles. The summed E-state index contributed by atoms with van der Waals surface area (Å²) in [5, 5.41) is 23.1. The number of nitro groups is 1. The third-order valence-corrected chi connectivity index (χ3v) is 2.42. The molecule has 88 valence electrons. The van der Waals surface area contributed by atoms with Gasteiger partial charge >= 0.3 is 0 Å². The Kier molecular flexibility index (Phi) is 4.25. The van der Waals surface area contributed by atoms with Gasteiger partial charge in [-0.15, -0.1) is 0 Å². The minimum atomic E-state index is -0.486. The number of benzene rings is 1. The van der Waals surface area contributed by atoms with Crippen molar-refractivity contribution in [1.82, 2.24) is 0 Å². The van der Waals surface area contributed by atoms with Crippen LogP contribution in [0.2, 0.25) is 0 Å². The predicted octanol–water partition coefficient (Wildman–Crippen LogP) is 2.09. The third-order valence-electron chi connectivity index (χ3n) is 2.42. The summed E-state index contributed by atoms with van der Waals surface area (Å²) in [7, 11) is 0. The van der Waals surface area contributed by atoms with Crippen LogP contribution in [0.3, 0.4) is 0 Å². The molecular formula is C11H16N2O3. The molecule has 0 bridgehead atoms. The average Bonchev–Trinajstić information content (AvgIpc) is 2.25. The minimum absolute atomic E-state index is 0.0748. The molecule has 1 aromatic rings. The fraction of sp³-hybridized carbons (Fsp3) is 0.455. The number of hydrogen-bond acceptors (Lipinski definition) is 4. The molecule has 1 aromatic carbocycles. The Morgan fingerprint density at radius 3 is 2.81 bits per heavy atom. The maximum absolute atomic E-state index is 10.9. The lowest BCUT2D eigenvalue weighted by Crippen LogP contribution is -2.18. The average molecular weight is 224 g/mol. The van der Waals surface area contributed by atoms with E-state index >= 15 is 0 Å². The first-order chi connectivity index (χ1) is 7.56. The van der Waals surface area contributed by atoms with Gasteiger partial charge in [0, 0.05) is 12.1 Å². The van der Waals surface area contributed by atoms with Gasteiger partial charge in [0.25, 0.3) is 5.69 Å². The van der Waals surface area contributed by atoms with Crippen LogP contribution in [0.15, 0.2) is 18.2 Å². The van der Waals surface area contributed by atoms with E-state index in [0.717, 1.165) is 0 Å². The molecule has 0 amide bonds. The van der Waals surface area contributed by atoms with Crippen molar-refractivity contribution in [2.24, 2.45) is 0 Å². The van der Waals surface area contributed by atoms with Gasteiger partial charge in [0.2, 0.25) is 0 Å². The van der Waals surface area contributed by atoms with E-state index in [1.54, 1.807) is 25.1 Å². The molecule has 0 fully saturated rings. The lowest BCUT2D eigenvalue weighted by Gasteiger charge is -2.11. The number of aliphatic hydroxyl groups is 1. The second-order valence-corrected chi connectivity index (χ2v) is 3.67. The highest BCUT2D eigenvalue weighted by atomic mass is 16.6. The van der Waals surface area contributed by atoms with Crippen LogP contribution in [-0.2, 0) is 0 Å². The van der Waals surface area contributed by atoms with Gasteiger partial charge in [-0.3, -0.25) is 10.1 Å². The summed E-state index contributed by atoms with van der Waals surface area (Å²) in [6.07, 6.45) is 0.132. The maximum atomic E-state index is 10.9. The predicted molar refractivity (Wildman–Crippen MR) is 62.6 cm³/mol. The second-order valence-electron chi connectivity index (χ2n) is 3.67. The van der Waals surface area contributed by atoms with E-state index in [1.165, 1.54) is 0 Å². The van der Waals surface area contributed by atoms with Crippen LogP contribution in [0, 0.1) is 17.0 Å². The van der Waals surface area contributed by atoms with Crippen LogP contribution in [0.1, 0.15) is 18.9 Å². The van der Waals surface area contributed by atoms with Crippen LogP contribution < -0.4 is 5.32 Å². The fourth-order valence-corrected chi connectivity index (χ4v) is 1.42. The van der Waals surface area contributed by atoms with E-state index in [-0.39, 0.29) is 5.69 Å². The molecule has 1 rings (SSSR count). The van der Waals surface area contributed by atoms with E-state index in [0.29, 0.717) is 24.2 Å². The van der Waals surface area contributed by atoms with Gasteiger partial charge in [0.1, 0.15) is 5.69 Å². The van der Waals surface area contributed by atoms with E-state index in [2.05, 4.69) is 5.32 Å². The van der Waals surface area contributed by atoms with Crippen LogP contribution in [0.25, 0.3) is 0 Å². The Balaban J connectivity index is 2.87. The Morgan fingerprint density at radius 1 is 1.56 bits per heavy atom. The van der Waals surface area contributed by atoms with Gasteiger partial charge in [-0.05, 0) is 19.4 Å². The van der Waals surface area contributed by atoms with E-state index in [1.807, 2.05) is 6.92 Å². The lowest BCUT2D eigenvalue weighted by molar-refractivity contribution is -0.384. The molecule has 5 heteroatoms. The topological polar surface area (TPSA) is 75.4 Å². The molecule has 1 atom stereocenters. The van der Waals surface area contributed by atoms with Gasteiger partial charge in [-0.2, -0.15) is 0 Å². The number of hydrogen-bond donors (Lipinski definition) is 2. The van der Waals surface area contributed by atoms with E-state index < -0.39 is 11.0 Å². The van der Waals surface area contributed by atoms with Crippen molar-refractivity contribution in [2.75, 3.05) is 11.9 Å². The zero-order chi connectivity index (χ0) is 12.1. The molecule has 16 heavy (non-hydrogen) atoms. The van der Waals surface area contributed by atoms with Crippen molar-refractivity contribution in [3.63, 3.8) is 0 Å². The Morgan fingerprint density at radius 2 is 2.25 bits per heavy atom. The molecule has 0 aliphatic rings. The molecular weight excluding hydrogens is 208 g/mol. The number of anilines is 1. The molecule has 1 unspecified atom stereocenters. The maximum Gasteiger partial charge on any atom is 0.295 e. The Labute approximate surface area is 94.3 Å². The van der Waals surface area contributed by atoms with Crippen molar-refractivity contribution in [3.05, 3.63) is 33.9 Å². The van der Waals surface area contributed by atoms with E-state index in [4.69, 9.17) is 0 Å². The first kappa shape index (κ1) is 12.4. The van der Waals surface area contributed by atoms with Crippen molar-refractivity contribution in [3.8, 4) is 0 Å². The zero-order valence-electron chi connectivity index (χ0n) is 9.43. The molecule has 0 aromatic heterocycles. The number of para-hydroxylation sites is 1. The summed E-state index contributed by atoms with van der Waals surface area (Å²) in [4.78, 5) is 10.5. The number of aliphatic hydroxyl groups excluding tert-OH is 1. The Hall–Kier alpha value is -1.62. The SMILES string of the molecule is CCC(O)CNc1cccc(C)c1[N+](=O)[O-]. The summed E-state index contributed by atoms with van der Waals surface area (Å²) in [6, 6.07) is 5.09. The van der Waals surface area contributed by atoms with Gasteiger partial charge in [-0.1, -0.05) is 19.1 Å². The quantitative estimate of drug-likeness (QED) is 0.593. The van der Waals surface area contributed by atoms with E-state index in [9.17, 15) is 15.2 Å². The number of rotatable bonds is 5. The number of nitrogens with one attached hydrogen (secondary N) is 1. The van der Waals surface area contributed by atoms with Crippen molar-refractivity contribution in [1.29, 1.82) is 0 Å². The largest absolute Gasteiger partial charge is 0.391 e. The monoisotopic (exact) mass is 224 g/mol. The normalized spacial score (nSPS) is 12.2. The third kappa shape index (κ3) is 2.93. The molecule has 0 saturated carbocycles. The van der Waals surface area contributed by atoms with Gasteiger partial charge in [0.05, 0.1) is 11.0 Å². The van der Waals surface area contributed by atoms with Gasteiger partial charge in [0.15, 0.2) is 0 Å². The van der Waals surface area contributed by atoms with Crippen molar-refractivity contribution < 1.29 is 10.0 Å². The summed E-state index contributed by atoms with van der Waals surface area (Å²) < 4.78 is 0. The summed E-state index contributed by atoms with van der Waals surface area (Å²) in [6.45, 7) is 3.87. The summed E-state index contributed by atoms with van der Waals surface area (Å²) in [5.74, 6) is 0. The van der Waals surface area contributed by atoms with Crippen LogP contribution in [0.5, 0.6) is 0 Å². The lowest BCUT2D eigenvalue weighted by atomic mass is 10.1. The zero-order valence-corrected chi connectivity index (χ0v) is 9.43. The molecule has 2 N–H and O–H groups in total. The number of nitro benzene ring substituents is 1. The van der Waals surface area contributed by atoms with Gasteiger partial charge < -0.3 is 10.4 Å². The highest BCUT2D eigenvalue weighted by molar-refractivity contribution is 5.64.